The van der Waals surface area contributed by atoms with Crippen LogP contribution in [-0.4, -0.2) is 34.2 Å². The number of ether oxygens (including phenoxy) is 1. The molecule has 0 bridgehead atoms. The van der Waals surface area contributed by atoms with Crippen LogP contribution in [0, 0.1) is 0 Å². The fourth-order valence-electron chi connectivity index (χ4n) is 1.94. The van der Waals surface area contributed by atoms with Crippen molar-refractivity contribution in [3.05, 3.63) is 46.2 Å². The van der Waals surface area contributed by atoms with Crippen molar-refractivity contribution < 1.29 is 18.3 Å². The maximum absolute atomic E-state index is 12.4. The van der Waals surface area contributed by atoms with E-state index < -0.39 is 6.61 Å². The van der Waals surface area contributed by atoms with E-state index in [2.05, 4.69) is 25.8 Å². The van der Waals surface area contributed by atoms with E-state index in [0.717, 1.165) is 10.2 Å². The highest BCUT2D eigenvalue weighted by atomic mass is 79.9. The van der Waals surface area contributed by atoms with Gasteiger partial charge in [-0.15, -0.1) is 0 Å². The van der Waals surface area contributed by atoms with Crippen molar-refractivity contribution in [2.24, 2.45) is 7.05 Å². The van der Waals surface area contributed by atoms with Gasteiger partial charge in [0.2, 0.25) is 0 Å². The summed E-state index contributed by atoms with van der Waals surface area (Å²) in [6.07, 6.45) is 1.64. The monoisotopic (exact) mass is 373 g/mol. The van der Waals surface area contributed by atoms with Crippen molar-refractivity contribution in [2.45, 2.75) is 13.2 Å². The van der Waals surface area contributed by atoms with Crippen molar-refractivity contribution >= 4 is 21.8 Å². The van der Waals surface area contributed by atoms with Crippen molar-refractivity contribution in [1.29, 1.82) is 0 Å². The molecule has 118 valence electrons. The van der Waals surface area contributed by atoms with E-state index in [0.29, 0.717) is 6.54 Å². The lowest BCUT2D eigenvalue weighted by Gasteiger charge is -2.18. The maximum Gasteiger partial charge on any atom is 0.387 e. The van der Waals surface area contributed by atoms with E-state index in [9.17, 15) is 13.6 Å². The third kappa shape index (κ3) is 3.82. The molecular weight excluding hydrogens is 360 g/mol. The summed E-state index contributed by atoms with van der Waals surface area (Å²) < 4.78 is 31.2. The molecule has 0 atom stereocenters. The second-order valence-corrected chi connectivity index (χ2v) is 5.48. The number of nitrogens with zero attached hydrogens (tertiary/aromatic N) is 3. The summed E-state index contributed by atoms with van der Waals surface area (Å²) in [4.78, 5) is 13.8. The van der Waals surface area contributed by atoms with E-state index in [1.807, 2.05) is 0 Å². The molecule has 0 unspecified atom stereocenters. The van der Waals surface area contributed by atoms with Crippen molar-refractivity contribution in [2.75, 3.05) is 7.05 Å². The van der Waals surface area contributed by atoms with Crippen LogP contribution < -0.4 is 4.74 Å². The van der Waals surface area contributed by atoms with Crippen molar-refractivity contribution in [1.82, 2.24) is 14.7 Å². The largest absolute Gasteiger partial charge is 0.435 e. The summed E-state index contributed by atoms with van der Waals surface area (Å²) in [5, 5.41) is 4.08. The van der Waals surface area contributed by atoms with Crippen LogP contribution in [0.2, 0.25) is 0 Å². The van der Waals surface area contributed by atoms with Gasteiger partial charge in [-0.1, -0.05) is 6.07 Å². The van der Waals surface area contributed by atoms with Crippen LogP contribution in [0.25, 0.3) is 0 Å². The first-order valence-corrected chi connectivity index (χ1v) is 7.14. The molecule has 5 nitrogen and oxygen atoms in total. The summed E-state index contributed by atoms with van der Waals surface area (Å²) in [5.74, 6) is -0.344. The second kappa shape index (κ2) is 6.87. The fourth-order valence-corrected chi connectivity index (χ4v) is 2.41. The Balaban J connectivity index is 2.13. The number of carbonyl (C=O) groups excluding carboxylic acids is 1. The molecule has 0 saturated heterocycles. The van der Waals surface area contributed by atoms with Crippen LogP contribution in [0.15, 0.2) is 34.9 Å². The SMILES string of the molecule is CN(Cc1c(Br)cnn1C)C(=O)c1cccc(OC(F)F)c1. The summed E-state index contributed by atoms with van der Waals surface area (Å²) in [7, 11) is 3.40. The van der Waals surface area contributed by atoms with Crippen molar-refractivity contribution in [3.63, 3.8) is 0 Å². The van der Waals surface area contributed by atoms with Gasteiger partial charge >= 0.3 is 6.61 Å². The van der Waals surface area contributed by atoms with E-state index in [-0.39, 0.29) is 17.2 Å². The number of amides is 1. The second-order valence-electron chi connectivity index (χ2n) is 4.63. The number of rotatable bonds is 5. The first kappa shape index (κ1) is 16.4. The van der Waals surface area contributed by atoms with Gasteiger partial charge in [0.15, 0.2) is 0 Å². The van der Waals surface area contributed by atoms with Gasteiger partial charge < -0.3 is 9.64 Å². The summed E-state index contributed by atoms with van der Waals surface area (Å²) in [5.41, 5.74) is 1.11. The molecular formula is C14H14BrF2N3O2. The molecule has 0 aliphatic heterocycles. The Morgan fingerprint density at radius 1 is 1.50 bits per heavy atom. The minimum absolute atomic E-state index is 0.0454. The summed E-state index contributed by atoms with van der Waals surface area (Å²) >= 11 is 3.37. The lowest BCUT2D eigenvalue weighted by atomic mass is 10.2. The molecule has 22 heavy (non-hydrogen) atoms. The molecule has 0 aliphatic rings. The Kier molecular flexibility index (Phi) is 5.12. The molecule has 0 N–H and O–H groups in total. The molecule has 1 amide bonds. The third-order valence-electron chi connectivity index (χ3n) is 3.05. The molecule has 0 spiro atoms. The van der Waals surface area contributed by atoms with Gasteiger partial charge in [-0.25, -0.2) is 0 Å². The van der Waals surface area contributed by atoms with E-state index in [4.69, 9.17) is 0 Å². The number of carbonyl (C=O) groups is 1. The van der Waals surface area contributed by atoms with Gasteiger partial charge in [0.05, 0.1) is 22.9 Å². The van der Waals surface area contributed by atoms with Gasteiger partial charge in [-0.3, -0.25) is 9.48 Å². The Morgan fingerprint density at radius 2 is 2.23 bits per heavy atom. The van der Waals surface area contributed by atoms with Crippen molar-refractivity contribution in [3.8, 4) is 5.75 Å². The number of hydrogen-bond acceptors (Lipinski definition) is 3. The lowest BCUT2D eigenvalue weighted by molar-refractivity contribution is -0.0499. The molecule has 0 aliphatic carbocycles. The molecule has 1 aromatic heterocycles. The quantitative estimate of drug-likeness (QED) is 0.808. The standard InChI is InChI=1S/C14H14BrF2N3O2/c1-19(8-12-11(15)7-18-20(12)2)13(21)9-4-3-5-10(6-9)22-14(16)17/h3-7,14H,8H2,1-2H3. The molecule has 1 heterocycles. The highest BCUT2D eigenvalue weighted by Gasteiger charge is 2.16. The maximum atomic E-state index is 12.4. The van der Waals surface area contributed by atoms with Gasteiger partial charge in [0.25, 0.3) is 5.91 Å². The molecule has 0 fully saturated rings. The number of hydrogen-bond donors (Lipinski definition) is 0. The Labute approximate surface area is 134 Å². The van der Waals surface area contributed by atoms with E-state index >= 15 is 0 Å². The molecule has 8 heteroatoms. The molecule has 0 radical (unpaired) electrons. The summed E-state index contributed by atoms with van der Waals surface area (Å²) in [6, 6.07) is 5.72. The van der Waals surface area contributed by atoms with Crippen LogP contribution >= 0.6 is 15.9 Å². The average molecular weight is 374 g/mol. The Morgan fingerprint density at radius 3 is 2.82 bits per heavy atom. The minimum Gasteiger partial charge on any atom is -0.435 e. The Bertz CT molecular complexity index is 656. The number of alkyl halides is 2. The van der Waals surface area contributed by atoms with Crippen LogP contribution in [0.4, 0.5) is 8.78 Å². The fraction of sp³-hybridized carbons (Fsp3) is 0.286. The van der Waals surface area contributed by atoms with Gasteiger partial charge in [0, 0.05) is 19.7 Å². The molecule has 2 rings (SSSR count). The number of halogens is 3. The van der Waals surface area contributed by atoms with Gasteiger partial charge in [-0.2, -0.15) is 13.9 Å². The zero-order valence-electron chi connectivity index (χ0n) is 12.0. The van der Waals surface area contributed by atoms with Crippen LogP contribution in [0.1, 0.15) is 16.1 Å². The van der Waals surface area contributed by atoms with Gasteiger partial charge in [-0.05, 0) is 34.1 Å². The highest BCUT2D eigenvalue weighted by Crippen LogP contribution is 2.20. The lowest BCUT2D eigenvalue weighted by Crippen LogP contribution is -2.27. The van der Waals surface area contributed by atoms with E-state index in [1.165, 1.54) is 23.1 Å². The third-order valence-corrected chi connectivity index (χ3v) is 3.71. The molecule has 0 saturated carbocycles. The first-order chi connectivity index (χ1) is 10.4. The molecule has 1 aromatic carbocycles. The smallest absolute Gasteiger partial charge is 0.387 e. The summed E-state index contributed by atoms with van der Waals surface area (Å²) in [6.45, 7) is -2.59. The van der Waals surface area contributed by atoms with Crippen LogP contribution in [0.5, 0.6) is 5.75 Å². The first-order valence-electron chi connectivity index (χ1n) is 6.35. The average Bonchev–Trinajstić information content (AvgIpc) is 2.78. The normalized spacial score (nSPS) is 10.8. The molecule has 2 aromatic rings. The van der Waals surface area contributed by atoms with Crippen LogP contribution in [-0.2, 0) is 13.6 Å². The zero-order chi connectivity index (χ0) is 16.3. The highest BCUT2D eigenvalue weighted by molar-refractivity contribution is 9.10. The van der Waals surface area contributed by atoms with Crippen LogP contribution in [0.3, 0.4) is 0 Å². The number of benzene rings is 1. The number of aryl methyl sites for hydroxylation is 1. The zero-order valence-corrected chi connectivity index (χ0v) is 13.5. The Hall–Kier alpha value is -1.96. The number of aromatic nitrogens is 2. The van der Waals surface area contributed by atoms with Gasteiger partial charge in [0.1, 0.15) is 5.75 Å². The minimum atomic E-state index is -2.92. The predicted molar refractivity (Wildman–Crippen MR) is 79.8 cm³/mol. The predicted octanol–water partition coefficient (Wildman–Crippen LogP) is 3.06. The van der Waals surface area contributed by atoms with E-state index in [1.54, 1.807) is 31.0 Å². The topological polar surface area (TPSA) is 47.4 Å².